The van der Waals surface area contributed by atoms with E-state index in [0.29, 0.717) is 5.69 Å². The highest BCUT2D eigenvalue weighted by atomic mass is 32.1. The average Bonchev–Trinajstić information content (AvgIpc) is 3.31. The Balaban J connectivity index is 1.29. The Bertz CT molecular complexity index is 1110. The predicted molar refractivity (Wildman–Crippen MR) is 124 cm³/mol. The van der Waals surface area contributed by atoms with Crippen molar-refractivity contribution in [3.8, 4) is 11.5 Å². The van der Waals surface area contributed by atoms with Crippen LogP contribution in [0.4, 0.5) is 24.0 Å². The summed E-state index contributed by atoms with van der Waals surface area (Å²) in [5.74, 6) is 0.0611. The van der Waals surface area contributed by atoms with Crippen LogP contribution < -0.4 is 19.7 Å². The van der Waals surface area contributed by atoms with Gasteiger partial charge in [-0.1, -0.05) is 12.1 Å². The smallest absolute Gasteiger partial charge is 0.497 e. The van der Waals surface area contributed by atoms with Crippen molar-refractivity contribution in [2.24, 2.45) is 0 Å². The third-order valence-electron chi connectivity index (χ3n) is 5.25. The lowest BCUT2D eigenvalue weighted by molar-refractivity contribution is -0.274. The van der Waals surface area contributed by atoms with Gasteiger partial charge in [0.1, 0.15) is 17.2 Å². The average molecular weight is 493 g/mol. The summed E-state index contributed by atoms with van der Waals surface area (Å²) in [4.78, 5) is 21.5. The van der Waals surface area contributed by atoms with Gasteiger partial charge in [-0.3, -0.25) is 9.69 Å². The highest BCUT2D eigenvalue weighted by Gasteiger charge is 2.31. The van der Waals surface area contributed by atoms with E-state index in [1.165, 1.54) is 29.0 Å². The Labute approximate surface area is 198 Å². The number of rotatable bonds is 7. The van der Waals surface area contributed by atoms with Crippen molar-refractivity contribution in [2.75, 3.05) is 43.5 Å². The Kier molecular flexibility index (Phi) is 7.23. The Hall–Kier alpha value is -3.31. The number of halogens is 3. The SMILES string of the molecule is COc1cccc(CN2CCN(c3nc(C(=O)Nc4ccc(OC(F)(F)F)cc4)cs3)CC2)c1. The number of nitrogens with zero attached hydrogens (tertiary/aromatic N) is 3. The van der Waals surface area contributed by atoms with Gasteiger partial charge in [0.25, 0.3) is 5.91 Å². The molecule has 3 aromatic rings. The van der Waals surface area contributed by atoms with Gasteiger partial charge < -0.3 is 19.7 Å². The number of hydrogen-bond acceptors (Lipinski definition) is 7. The first-order valence-electron chi connectivity index (χ1n) is 10.5. The molecule has 1 saturated heterocycles. The van der Waals surface area contributed by atoms with Gasteiger partial charge >= 0.3 is 6.36 Å². The van der Waals surface area contributed by atoms with Gasteiger partial charge in [0.05, 0.1) is 7.11 Å². The molecule has 1 fully saturated rings. The molecule has 1 N–H and O–H groups in total. The van der Waals surface area contributed by atoms with Crippen LogP contribution in [0.5, 0.6) is 11.5 Å². The molecule has 0 unspecified atom stereocenters. The number of amides is 1. The number of benzene rings is 2. The predicted octanol–water partition coefficient (Wildman–Crippen LogP) is 4.62. The normalized spacial score (nSPS) is 14.6. The van der Waals surface area contributed by atoms with E-state index in [9.17, 15) is 18.0 Å². The molecule has 2 aromatic carbocycles. The lowest BCUT2D eigenvalue weighted by Gasteiger charge is -2.34. The first kappa shape index (κ1) is 23.8. The Morgan fingerprint density at radius 2 is 1.82 bits per heavy atom. The molecule has 0 radical (unpaired) electrons. The van der Waals surface area contributed by atoms with E-state index >= 15 is 0 Å². The van der Waals surface area contributed by atoms with Gasteiger partial charge in [0.2, 0.25) is 0 Å². The van der Waals surface area contributed by atoms with Crippen molar-refractivity contribution in [2.45, 2.75) is 12.9 Å². The Morgan fingerprint density at radius 1 is 1.09 bits per heavy atom. The summed E-state index contributed by atoms with van der Waals surface area (Å²) in [5.41, 5.74) is 1.80. The Morgan fingerprint density at radius 3 is 2.50 bits per heavy atom. The number of thiazole rings is 1. The van der Waals surface area contributed by atoms with E-state index in [4.69, 9.17) is 4.74 Å². The molecule has 2 heterocycles. The van der Waals surface area contributed by atoms with Crippen LogP contribution in [0.3, 0.4) is 0 Å². The fourth-order valence-electron chi connectivity index (χ4n) is 3.58. The summed E-state index contributed by atoms with van der Waals surface area (Å²) in [5, 5.41) is 5.08. The van der Waals surface area contributed by atoms with E-state index in [-0.39, 0.29) is 11.4 Å². The number of piperazine rings is 1. The maximum atomic E-state index is 12.5. The van der Waals surface area contributed by atoms with Crippen LogP contribution in [0, 0.1) is 0 Å². The number of carbonyl (C=O) groups excluding carboxylic acids is 1. The molecule has 1 amide bonds. The lowest BCUT2D eigenvalue weighted by Crippen LogP contribution is -2.46. The zero-order chi connectivity index (χ0) is 24.1. The zero-order valence-electron chi connectivity index (χ0n) is 18.3. The molecule has 34 heavy (non-hydrogen) atoms. The molecule has 0 atom stereocenters. The van der Waals surface area contributed by atoms with Gasteiger partial charge in [0.15, 0.2) is 5.13 Å². The number of hydrogen-bond donors (Lipinski definition) is 1. The number of aromatic nitrogens is 1. The van der Waals surface area contributed by atoms with Crippen molar-refractivity contribution >= 4 is 28.1 Å². The van der Waals surface area contributed by atoms with Gasteiger partial charge in [-0.05, 0) is 42.0 Å². The van der Waals surface area contributed by atoms with Crippen molar-refractivity contribution in [1.29, 1.82) is 0 Å². The molecule has 7 nitrogen and oxygen atoms in total. The molecular formula is C23H23F3N4O3S. The molecule has 4 rings (SSSR count). The monoisotopic (exact) mass is 492 g/mol. The fourth-order valence-corrected chi connectivity index (χ4v) is 4.43. The van der Waals surface area contributed by atoms with Gasteiger partial charge in [-0.15, -0.1) is 24.5 Å². The molecule has 1 aromatic heterocycles. The quantitative estimate of drug-likeness (QED) is 0.519. The maximum absolute atomic E-state index is 12.5. The van der Waals surface area contributed by atoms with Crippen molar-refractivity contribution in [1.82, 2.24) is 9.88 Å². The summed E-state index contributed by atoms with van der Waals surface area (Å²) in [6, 6.07) is 13.0. The molecule has 1 aliphatic rings. The topological polar surface area (TPSA) is 66.9 Å². The number of alkyl halides is 3. The maximum Gasteiger partial charge on any atom is 0.573 e. The molecule has 0 aliphatic carbocycles. The van der Waals surface area contributed by atoms with E-state index in [1.54, 1.807) is 12.5 Å². The van der Waals surface area contributed by atoms with Crippen LogP contribution in [-0.4, -0.2) is 55.4 Å². The second-order valence-corrected chi connectivity index (χ2v) is 8.49. The first-order valence-corrected chi connectivity index (χ1v) is 11.4. The van der Waals surface area contributed by atoms with Crippen molar-refractivity contribution < 1.29 is 27.4 Å². The number of nitrogens with one attached hydrogen (secondary N) is 1. The van der Waals surface area contributed by atoms with Crippen molar-refractivity contribution in [3.63, 3.8) is 0 Å². The summed E-state index contributed by atoms with van der Waals surface area (Å²) in [7, 11) is 1.66. The minimum atomic E-state index is -4.76. The first-order chi connectivity index (χ1) is 16.3. The van der Waals surface area contributed by atoms with Gasteiger partial charge in [-0.2, -0.15) is 0 Å². The minimum absolute atomic E-state index is 0.259. The van der Waals surface area contributed by atoms with Crippen LogP contribution in [-0.2, 0) is 6.54 Å². The van der Waals surface area contributed by atoms with Gasteiger partial charge in [0, 0.05) is 43.8 Å². The number of ether oxygens (including phenoxy) is 2. The minimum Gasteiger partial charge on any atom is -0.497 e. The largest absolute Gasteiger partial charge is 0.573 e. The lowest BCUT2D eigenvalue weighted by atomic mass is 10.2. The third-order valence-corrected chi connectivity index (χ3v) is 6.16. The summed E-state index contributed by atoms with van der Waals surface area (Å²) >= 11 is 1.39. The number of anilines is 2. The van der Waals surface area contributed by atoms with Crippen LogP contribution in [0.15, 0.2) is 53.9 Å². The number of methoxy groups -OCH3 is 1. The molecule has 180 valence electrons. The highest BCUT2D eigenvalue weighted by Crippen LogP contribution is 2.26. The molecule has 0 saturated carbocycles. The van der Waals surface area contributed by atoms with E-state index in [1.807, 2.05) is 18.2 Å². The number of carbonyl (C=O) groups is 1. The van der Waals surface area contributed by atoms with E-state index in [0.717, 1.165) is 55.7 Å². The fraction of sp³-hybridized carbons (Fsp3) is 0.304. The highest BCUT2D eigenvalue weighted by molar-refractivity contribution is 7.14. The molecule has 1 aliphatic heterocycles. The molecule has 11 heteroatoms. The third kappa shape index (κ3) is 6.39. The zero-order valence-corrected chi connectivity index (χ0v) is 19.2. The summed E-state index contributed by atoms with van der Waals surface area (Å²) in [6.45, 7) is 4.15. The van der Waals surface area contributed by atoms with Gasteiger partial charge in [-0.25, -0.2) is 4.98 Å². The van der Waals surface area contributed by atoms with Crippen LogP contribution >= 0.6 is 11.3 Å². The van der Waals surface area contributed by atoms with E-state index in [2.05, 4.69) is 30.9 Å². The van der Waals surface area contributed by atoms with Crippen LogP contribution in [0.25, 0.3) is 0 Å². The second-order valence-electron chi connectivity index (χ2n) is 7.66. The summed E-state index contributed by atoms with van der Waals surface area (Å²) in [6.07, 6.45) is -4.76. The molecule has 0 bridgehead atoms. The molecular weight excluding hydrogens is 469 g/mol. The van der Waals surface area contributed by atoms with Crippen LogP contribution in [0.2, 0.25) is 0 Å². The summed E-state index contributed by atoms with van der Waals surface area (Å²) < 4.78 is 45.9. The van der Waals surface area contributed by atoms with Crippen LogP contribution in [0.1, 0.15) is 16.1 Å². The standard InChI is InChI=1S/C23H23F3N4O3S/c1-32-19-4-2-3-16(13-19)14-29-9-11-30(12-10-29)22-28-20(15-34-22)21(31)27-17-5-7-18(8-6-17)33-23(24,25)26/h2-8,13,15H,9-12,14H2,1H3,(H,27,31). The molecule has 0 spiro atoms. The van der Waals surface area contributed by atoms with Crippen molar-refractivity contribution in [3.05, 3.63) is 65.2 Å². The van der Waals surface area contributed by atoms with E-state index < -0.39 is 12.3 Å². The second kappa shape index (κ2) is 10.3.